The normalized spacial score (nSPS) is 17.4. The predicted octanol–water partition coefficient (Wildman–Crippen LogP) is 1.78. The zero-order chi connectivity index (χ0) is 18.7. The third-order valence-electron chi connectivity index (χ3n) is 4.12. The smallest absolute Gasteiger partial charge is 0.410 e. The maximum atomic E-state index is 12.1. The predicted molar refractivity (Wildman–Crippen MR) is 97.3 cm³/mol. The van der Waals surface area contributed by atoms with Crippen molar-refractivity contribution in [3.05, 3.63) is 23.8 Å². The standard InChI is InChI=1S/C18H26N4O4/c1-18(2,3)26-17(23)22-8-6-21(7-9-22)16(19)20-11-13-4-5-14-15(10-13)25-12-24-14/h4-5,10H,6-9,11-12H2,1-3H3,(H2,19,20). The van der Waals surface area contributed by atoms with E-state index in [0.717, 1.165) is 17.1 Å². The quantitative estimate of drug-likeness (QED) is 0.637. The molecule has 2 aliphatic heterocycles. The Balaban J connectivity index is 1.51. The number of ether oxygens (including phenoxy) is 3. The van der Waals surface area contributed by atoms with Gasteiger partial charge in [-0.2, -0.15) is 0 Å². The third kappa shape index (κ3) is 4.50. The summed E-state index contributed by atoms with van der Waals surface area (Å²) in [7, 11) is 0. The lowest BCUT2D eigenvalue weighted by molar-refractivity contribution is 0.0186. The second-order valence-corrected chi connectivity index (χ2v) is 7.32. The molecule has 8 heteroatoms. The lowest BCUT2D eigenvalue weighted by Crippen LogP contribution is -2.53. The van der Waals surface area contributed by atoms with Crippen molar-refractivity contribution in [3.8, 4) is 11.5 Å². The highest BCUT2D eigenvalue weighted by atomic mass is 16.7. The summed E-state index contributed by atoms with van der Waals surface area (Å²) in [4.78, 5) is 20.2. The van der Waals surface area contributed by atoms with Gasteiger partial charge < -0.3 is 29.7 Å². The Bertz CT molecular complexity index is 691. The summed E-state index contributed by atoms with van der Waals surface area (Å²) in [6.45, 7) is 8.71. The van der Waals surface area contributed by atoms with Gasteiger partial charge in [-0.1, -0.05) is 6.07 Å². The number of hydrogen-bond donors (Lipinski definition) is 1. The van der Waals surface area contributed by atoms with Crippen LogP contribution >= 0.6 is 0 Å². The summed E-state index contributed by atoms with van der Waals surface area (Å²) in [5.41, 5.74) is 6.64. The summed E-state index contributed by atoms with van der Waals surface area (Å²) in [6, 6.07) is 5.74. The van der Waals surface area contributed by atoms with Crippen molar-refractivity contribution in [1.82, 2.24) is 9.80 Å². The van der Waals surface area contributed by atoms with E-state index in [9.17, 15) is 4.79 Å². The van der Waals surface area contributed by atoms with Crippen LogP contribution in [0.15, 0.2) is 23.2 Å². The minimum absolute atomic E-state index is 0.256. The highest BCUT2D eigenvalue weighted by Crippen LogP contribution is 2.32. The minimum atomic E-state index is -0.487. The number of fused-ring (bicyclic) bond motifs is 1. The van der Waals surface area contributed by atoms with Crippen LogP contribution in [0.25, 0.3) is 0 Å². The molecule has 0 unspecified atom stereocenters. The summed E-state index contributed by atoms with van der Waals surface area (Å²) < 4.78 is 16.1. The largest absolute Gasteiger partial charge is 0.454 e. The summed E-state index contributed by atoms with van der Waals surface area (Å²) >= 11 is 0. The fourth-order valence-electron chi connectivity index (χ4n) is 2.76. The molecule has 1 saturated heterocycles. The van der Waals surface area contributed by atoms with Crippen LogP contribution in [0, 0.1) is 0 Å². The first-order valence-corrected chi connectivity index (χ1v) is 8.73. The zero-order valence-corrected chi connectivity index (χ0v) is 15.5. The lowest BCUT2D eigenvalue weighted by Gasteiger charge is -2.36. The number of carbonyl (C=O) groups is 1. The molecular formula is C18H26N4O4. The topological polar surface area (TPSA) is 89.6 Å². The number of nitrogens with two attached hydrogens (primary N) is 1. The molecule has 1 fully saturated rings. The number of benzene rings is 1. The van der Waals surface area contributed by atoms with E-state index in [-0.39, 0.29) is 12.9 Å². The van der Waals surface area contributed by atoms with E-state index in [1.165, 1.54) is 0 Å². The van der Waals surface area contributed by atoms with Crippen LogP contribution in [-0.2, 0) is 11.3 Å². The van der Waals surface area contributed by atoms with Gasteiger partial charge in [0, 0.05) is 26.2 Å². The zero-order valence-electron chi connectivity index (χ0n) is 15.5. The molecule has 0 spiro atoms. The first kappa shape index (κ1) is 18.2. The number of hydrogen-bond acceptors (Lipinski definition) is 5. The molecular weight excluding hydrogens is 336 g/mol. The van der Waals surface area contributed by atoms with Gasteiger partial charge in [0.2, 0.25) is 6.79 Å². The van der Waals surface area contributed by atoms with Crippen LogP contribution in [0.4, 0.5) is 4.79 Å². The van der Waals surface area contributed by atoms with E-state index in [1.54, 1.807) is 4.90 Å². The molecule has 0 bridgehead atoms. The van der Waals surface area contributed by atoms with Gasteiger partial charge in [-0.25, -0.2) is 9.79 Å². The Labute approximate surface area is 153 Å². The van der Waals surface area contributed by atoms with Crippen molar-refractivity contribution in [3.63, 3.8) is 0 Å². The second kappa shape index (κ2) is 7.31. The molecule has 3 rings (SSSR count). The van der Waals surface area contributed by atoms with Crippen LogP contribution < -0.4 is 15.2 Å². The lowest BCUT2D eigenvalue weighted by atomic mass is 10.2. The molecule has 2 N–H and O–H groups in total. The summed E-state index contributed by atoms with van der Waals surface area (Å²) in [5.74, 6) is 1.97. The first-order chi connectivity index (χ1) is 12.3. The maximum Gasteiger partial charge on any atom is 0.410 e. The molecule has 1 aromatic carbocycles. The third-order valence-corrected chi connectivity index (χ3v) is 4.12. The van der Waals surface area contributed by atoms with Crippen molar-refractivity contribution in [2.45, 2.75) is 32.9 Å². The number of rotatable bonds is 2. The molecule has 0 atom stereocenters. The second-order valence-electron chi connectivity index (χ2n) is 7.32. The average molecular weight is 362 g/mol. The van der Waals surface area contributed by atoms with Gasteiger partial charge in [-0.15, -0.1) is 0 Å². The van der Waals surface area contributed by atoms with Crippen molar-refractivity contribution in [2.75, 3.05) is 33.0 Å². The van der Waals surface area contributed by atoms with Gasteiger partial charge in [-0.3, -0.25) is 0 Å². The van der Waals surface area contributed by atoms with Gasteiger partial charge in [0.05, 0.1) is 6.54 Å². The van der Waals surface area contributed by atoms with Gasteiger partial charge in [0.1, 0.15) is 5.60 Å². The van der Waals surface area contributed by atoms with Crippen molar-refractivity contribution < 1.29 is 19.0 Å². The molecule has 26 heavy (non-hydrogen) atoms. The van der Waals surface area contributed by atoms with Crippen molar-refractivity contribution in [2.24, 2.45) is 10.7 Å². The fraction of sp³-hybridized carbons (Fsp3) is 0.556. The van der Waals surface area contributed by atoms with Gasteiger partial charge in [0.25, 0.3) is 0 Å². The number of amides is 1. The van der Waals surface area contributed by atoms with Crippen LogP contribution in [0.2, 0.25) is 0 Å². The minimum Gasteiger partial charge on any atom is -0.454 e. The number of aliphatic imine (C=N–C) groups is 1. The Morgan fingerprint density at radius 2 is 1.81 bits per heavy atom. The van der Waals surface area contributed by atoms with Gasteiger partial charge in [-0.05, 0) is 38.5 Å². The molecule has 0 aliphatic carbocycles. The van der Waals surface area contributed by atoms with E-state index in [1.807, 2.05) is 43.9 Å². The number of guanidine groups is 1. The molecule has 2 heterocycles. The van der Waals surface area contributed by atoms with E-state index in [4.69, 9.17) is 19.9 Å². The molecule has 0 saturated carbocycles. The highest BCUT2D eigenvalue weighted by Gasteiger charge is 2.26. The van der Waals surface area contributed by atoms with E-state index < -0.39 is 5.60 Å². The first-order valence-electron chi connectivity index (χ1n) is 8.73. The molecule has 0 aromatic heterocycles. The SMILES string of the molecule is CC(C)(C)OC(=O)N1CCN(C(N)=NCc2ccc3c(c2)OCO3)CC1. The van der Waals surface area contributed by atoms with E-state index in [2.05, 4.69) is 4.99 Å². The Hall–Kier alpha value is -2.64. The molecule has 142 valence electrons. The Morgan fingerprint density at radius 1 is 1.15 bits per heavy atom. The van der Waals surface area contributed by atoms with E-state index >= 15 is 0 Å². The van der Waals surface area contributed by atoms with Crippen LogP contribution in [0.3, 0.4) is 0 Å². The maximum absolute atomic E-state index is 12.1. The van der Waals surface area contributed by atoms with Gasteiger partial charge >= 0.3 is 6.09 Å². The monoisotopic (exact) mass is 362 g/mol. The molecule has 8 nitrogen and oxygen atoms in total. The van der Waals surface area contributed by atoms with Crippen molar-refractivity contribution in [1.29, 1.82) is 0 Å². The Kier molecular flexibility index (Phi) is 5.11. The average Bonchev–Trinajstić information content (AvgIpc) is 3.06. The Morgan fingerprint density at radius 3 is 2.50 bits per heavy atom. The highest BCUT2D eigenvalue weighted by molar-refractivity contribution is 5.78. The van der Waals surface area contributed by atoms with Crippen molar-refractivity contribution >= 4 is 12.1 Å². The number of carbonyl (C=O) groups excluding carboxylic acids is 1. The molecule has 0 radical (unpaired) electrons. The molecule has 2 aliphatic rings. The summed E-state index contributed by atoms with van der Waals surface area (Å²) in [6.07, 6.45) is -0.284. The summed E-state index contributed by atoms with van der Waals surface area (Å²) in [5, 5.41) is 0. The number of piperazine rings is 1. The van der Waals surface area contributed by atoms with Crippen LogP contribution in [-0.4, -0.2) is 60.4 Å². The number of nitrogens with zero attached hydrogens (tertiary/aromatic N) is 3. The van der Waals surface area contributed by atoms with Crippen LogP contribution in [0.5, 0.6) is 11.5 Å². The molecule has 1 aromatic rings. The fourth-order valence-corrected chi connectivity index (χ4v) is 2.76. The van der Waals surface area contributed by atoms with E-state index in [0.29, 0.717) is 38.7 Å². The molecule has 1 amide bonds. The van der Waals surface area contributed by atoms with Gasteiger partial charge in [0.15, 0.2) is 17.5 Å². The van der Waals surface area contributed by atoms with Crippen LogP contribution in [0.1, 0.15) is 26.3 Å².